The molecule has 1 fully saturated rings. The van der Waals surface area contributed by atoms with Crippen LogP contribution in [0.1, 0.15) is 24.1 Å². The van der Waals surface area contributed by atoms with Crippen molar-refractivity contribution in [2.24, 2.45) is 0 Å². The van der Waals surface area contributed by atoms with E-state index >= 15 is 0 Å². The average molecular weight is 413 g/mol. The maximum atomic E-state index is 12.3. The summed E-state index contributed by atoms with van der Waals surface area (Å²) < 4.78 is 0. The van der Waals surface area contributed by atoms with Gasteiger partial charge in [-0.15, -0.1) is 11.3 Å². The predicted molar refractivity (Wildman–Crippen MR) is 114 cm³/mol. The first-order chi connectivity index (χ1) is 13.7. The third-order valence-corrected chi connectivity index (χ3v) is 5.98. The van der Waals surface area contributed by atoms with E-state index in [0.29, 0.717) is 11.6 Å². The highest BCUT2D eigenvalue weighted by Crippen LogP contribution is 2.30. The Hall–Kier alpha value is -2.44. The van der Waals surface area contributed by atoms with Crippen molar-refractivity contribution in [3.63, 3.8) is 0 Å². The van der Waals surface area contributed by atoms with Crippen LogP contribution in [-0.4, -0.2) is 29.0 Å². The van der Waals surface area contributed by atoms with Gasteiger partial charge in [-0.05, 0) is 36.6 Å². The van der Waals surface area contributed by atoms with Gasteiger partial charge in [0.2, 0.25) is 5.91 Å². The molecule has 3 aromatic rings. The Labute approximate surface area is 173 Å². The van der Waals surface area contributed by atoms with Gasteiger partial charge in [-0.1, -0.05) is 29.8 Å². The van der Waals surface area contributed by atoms with Crippen LogP contribution in [0.15, 0.2) is 48.0 Å². The molecule has 4 rings (SSSR count). The zero-order chi connectivity index (χ0) is 19.3. The molecule has 1 aliphatic rings. The van der Waals surface area contributed by atoms with Crippen LogP contribution < -0.4 is 10.2 Å². The second-order valence-electron chi connectivity index (χ2n) is 6.79. The first-order valence-corrected chi connectivity index (χ1v) is 10.6. The van der Waals surface area contributed by atoms with E-state index in [4.69, 9.17) is 11.6 Å². The maximum Gasteiger partial charge on any atom is 0.226 e. The highest BCUT2D eigenvalue weighted by molar-refractivity contribution is 7.13. The van der Waals surface area contributed by atoms with Crippen LogP contribution in [0.25, 0.3) is 10.6 Å². The SMILES string of the molecule is O=C(Cc1csc(-c2ccccc2Cl)n1)NCc1ccnc(N2CCCC2)c1. The first-order valence-electron chi connectivity index (χ1n) is 9.35. The van der Waals surface area contributed by atoms with Gasteiger partial charge in [0.05, 0.1) is 17.1 Å². The third-order valence-electron chi connectivity index (χ3n) is 4.73. The Morgan fingerprint density at radius 3 is 2.86 bits per heavy atom. The fourth-order valence-corrected chi connectivity index (χ4v) is 4.40. The van der Waals surface area contributed by atoms with Crippen LogP contribution in [0.5, 0.6) is 0 Å². The number of carbonyl (C=O) groups is 1. The zero-order valence-electron chi connectivity index (χ0n) is 15.4. The molecule has 1 amide bonds. The number of benzene rings is 1. The van der Waals surface area contributed by atoms with Crippen LogP contribution in [0.4, 0.5) is 5.82 Å². The topological polar surface area (TPSA) is 58.1 Å². The number of nitrogens with zero attached hydrogens (tertiary/aromatic N) is 3. The Bertz CT molecular complexity index is 968. The minimum Gasteiger partial charge on any atom is -0.357 e. The molecule has 0 aliphatic carbocycles. The average Bonchev–Trinajstić information content (AvgIpc) is 3.39. The number of halogens is 1. The molecule has 1 saturated heterocycles. The van der Waals surface area contributed by atoms with E-state index in [1.165, 1.54) is 24.2 Å². The Balaban J connectivity index is 1.34. The summed E-state index contributed by atoms with van der Waals surface area (Å²) in [5.74, 6) is 0.948. The van der Waals surface area contributed by atoms with Gasteiger partial charge in [-0.3, -0.25) is 4.79 Å². The van der Waals surface area contributed by atoms with Crippen molar-refractivity contribution in [2.75, 3.05) is 18.0 Å². The van der Waals surface area contributed by atoms with Gasteiger partial charge in [-0.25, -0.2) is 9.97 Å². The second-order valence-corrected chi connectivity index (χ2v) is 8.06. The molecular formula is C21H21ClN4OS. The molecule has 2 aromatic heterocycles. The molecule has 28 heavy (non-hydrogen) atoms. The van der Waals surface area contributed by atoms with E-state index in [9.17, 15) is 4.79 Å². The van der Waals surface area contributed by atoms with Crippen LogP contribution in [-0.2, 0) is 17.8 Å². The molecule has 1 aromatic carbocycles. The standard InChI is InChI=1S/C21H21ClN4OS/c22-18-6-2-1-5-17(18)21-25-16(14-28-21)12-20(27)24-13-15-7-8-23-19(11-15)26-9-3-4-10-26/h1-2,5-8,11,14H,3-4,9-10,12-13H2,(H,24,27). The Morgan fingerprint density at radius 2 is 2.04 bits per heavy atom. The molecule has 0 atom stereocenters. The molecule has 0 radical (unpaired) electrons. The van der Waals surface area contributed by atoms with E-state index in [2.05, 4.69) is 26.3 Å². The molecule has 5 nitrogen and oxygen atoms in total. The molecule has 1 N–H and O–H groups in total. The van der Waals surface area contributed by atoms with Gasteiger partial charge in [0.25, 0.3) is 0 Å². The molecule has 7 heteroatoms. The zero-order valence-corrected chi connectivity index (χ0v) is 17.0. The van der Waals surface area contributed by atoms with Crippen LogP contribution in [0.3, 0.4) is 0 Å². The maximum absolute atomic E-state index is 12.3. The van der Waals surface area contributed by atoms with Gasteiger partial charge in [-0.2, -0.15) is 0 Å². The number of aromatic nitrogens is 2. The van der Waals surface area contributed by atoms with Crippen molar-refractivity contribution >= 4 is 34.7 Å². The number of hydrogen-bond acceptors (Lipinski definition) is 5. The predicted octanol–water partition coefficient (Wildman–Crippen LogP) is 4.32. The number of pyridine rings is 1. The van der Waals surface area contributed by atoms with Gasteiger partial charge in [0.15, 0.2) is 0 Å². The molecule has 0 spiro atoms. The Kier molecular flexibility index (Phi) is 5.88. The normalized spacial score (nSPS) is 13.7. The number of hydrogen-bond donors (Lipinski definition) is 1. The highest BCUT2D eigenvalue weighted by atomic mass is 35.5. The summed E-state index contributed by atoms with van der Waals surface area (Å²) in [6.45, 7) is 2.60. The molecular weight excluding hydrogens is 392 g/mol. The first kappa shape index (κ1) is 18.9. The summed E-state index contributed by atoms with van der Waals surface area (Å²) in [6, 6.07) is 11.6. The molecule has 1 aliphatic heterocycles. The van der Waals surface area contributed by atoms with Gasteiger partial charge >= 0.3 is 0 Å². The number of carbonyl (C=O) groups excluding carboxylic acids is 1. The van der Waals surface area contributed by atoms with Crippen LogP contribution >= 0.6 is 22.9 Å². The summed E-state index contributed by atoms with van der Waals surface area (Å²) >= 11 is 7.73. The number of amides is 1. The van der Waals surface area contributed by atoms with Crippen molar-refractivity contribution in [1.29, 1.82) is 0 Å². The van der Waals surface area contributed by atoms with Crippen molar-refractivity contribution < 1.29 is 4.79 Å². The van der Waals surface area contributed by atoms with Crippen molar-refractivity contribution in [3.05, 3.63) is 64.3 Å². The molecule has 144 valence electrons. The minimum absolute atomic E-state index is 0.0458. The number of rotatable bonds is 6. The molecule has 3 heterocycles. The lowest BCUT2D eigenvalue weighted by Gasteiger charge is -2.16. The van der Waals surface area contributed by atoms with E-state index in [0.717, 1.165) is 40.7 Å². The van der Waals surface area contributed by atoms with E-state index in [1.54, 1.807) is 0 Å². The highest BCUT2D eigenvalue weighted by Gasteiger charge is 2.14. The fraction of sp³-hybridized carbons (Fsp3) is 0.286. The third kappa shape index (κ3) is 4.51. The smallest absolute Gasteiger partial charge is 0.226 e. The second kappa shape index (κ2) is 8.71. The van der Waals surface area contributed by atoms with E-state index in [1.807, 2.05) is 41.9 Å². The lowest BCUT2D eigenvalue weighted by Crippen LogP contribution is -2.25. The number of anilines is 1. The molecule has 0 saturated carbocycles. The summed E-state index contributed by atoms with van der Waals surface area (Å²) in [7, 11) is 0. The van der Waals surface area contributed by atoms with Gasteiger partial charge in [0, 0.05) is 36.8 Å². The largest absolute Gasteiger partial charge is 0.357 e. The van der Waals surface area contributed by atoms with Crippen LogP contribution in [0, 0.1) is 0 Å². The van der Waals surface area contributed by atoms with E-state index < -0.39 is 0 Å². The lowest BCUT2D eigenvalue weighted by atomic mass is 10.2. The summed E-state index contributed by atoms with van der Waals surface area (Å²) in [5.41, 5.74) is 2.71. The molecule has 0 bridgehead atoms. The van der Waals surface area contributed by atoms with Gasteiger partial charge in [0.1, 0.15) is 10.8 Å². The summed E-state index contributed by atoms with van der Waals surface area (Å²) in [6.07, 6.45) is 4.50. The Morgan fingerprint density at radius 1 is 1.21 bits per heavy atom. The molecule has 0 unspecified atom stereocenters. The quantitative estimate of drug-likeness (QED) is 0.655. The van der Waals surface area contributed by atoms with Gasteiger partial charge < -0.3 is 10.2 Å². The number of nitrogens with one attached hydrogen (secondary N) is 1. The van der Waals surface area contributed by atoms with Crippen LogP contribution in [0.2, 0.25) is 5.02 Å². The summed E-state index contributed by atoms with van der Waals surface area (Å²) in [4.78, 5) is 23.6. The van der Waals surface area contributed by atoms with Crippen molar-refractivity contribution in [3.8, 4) is 10.6 Å². The van der Waals surface area contributed by atoms with Crippen molar-refractivity contribution in [2.45, 2.75) is 25.8 Å². The summed E-state index contributed by atoms with van der Waals surface area (Å²) in [5, 5.41) is 6.39. The lowest BCUT2D eigenvalue weighted by molar-refractivity contribution is -0.120. The van der Waals surface area contributed by atoms with Crippen molar-refractivity contribution in [1.82, 2.24) is 15.3 Å². The number of thiazole rings is 1. The fourth-order valence-electron chi connectivity index (χ4n) is 3.26. The monoisotopic (exact) mass is 412 g/mol. The minimum atomic E-state index is -0.0458. The van der Waals surface area contributed by atoms with E-state index in [-0.39, 0.29) is 12.3 Å².